The van der Waals surface area contributed by atoms with E-state index >= 15 is 9.59 Å². The highest BCUT2D eigenvalue weighted by Crippen LogP contribution is 2.65. The molecule has 8 rings (SSSR count). The van der Waals surface area contributed by atoms with Crippen molar-refractivity contribution in [3.8, 4) is 0 Å². The Balaban J connectivity index is 1.30. The average Bonchev–Trinajstić information content (AvgIpc) is 0.705. The Morgan fingerprint density at radius 3 is 1.80 bits per heavy atom. The molecule has 20 nitrogen and oxygen atoms in total. The van der Waals surface area contributed by atoms with Crippen molar-refractivity contribution in [3.05, 3.63) is 155 Å². The number of amides is 1. The third-order valence-electron chi connectivity index (χ3n) is 16.4. The van der Waals surface area contributed by atoms with Gasteiger partial charge in [0.25, 0.3) is 0 Å². The van der Waals surface area contributed by atoms with Crippen molar-refractivity contribution in [1.82, 2.24) is 5.32 Å². The van der Waals surface area contributed by atoms with Gasteiger partial charge >= 0.3 is 36.3 Å². The van der Waals surface area contributed by atoms with Crippen LogP contribution in [0.15, 0.2) is 132 Å². The summed E-state index contributed by atoms with van der Waals surface area (Å²) in [6.07, 6.45) is -14.3. The first-order chi connectivity index (χ1) is 40.3. The van der Waals surface area contributed by atoms with E-state index in [4.69, 9.17) is 52.1 Å². The van der Waals surface area contributed by atoms with Gasteiger partial charge in [-0.15, -0.1) is 0 Å². The summed E-state index contributed by atoms with van der Waals surface area (Å²) in [5.74, 6) is -5.76. The number of carbonyl (C=O) groups is 7. The summed E-state index contributed by atoms with van der Waals surface area (Å²) in [5, 5.41) is 17.2. The summed E-state index contributed by atoms with van der Waals surface area (Å²) in [5.41, 5.74) is -7.54. The monoisotopic (exact) mass is 1180 g/mol. The number of carbonyl (C=O) groups excluding carboxylic acids is 7. The van der Waals surface area contributed by atoms with Gasteiger partial charge in [0.05, 0.1) is 36.2 Å². The molecule has 1 amide bonds. The van der Waals surface area contributed by atoms with Crippen LogP contribution in [0, 0.1) is 22.7 Å². The lowest BCUT2D eigenvalue weighted by molar-refractivity contribution is -0.346. The van der Waals surface area contributed by atoms with Crippen LogP contribution in [0.5, 0.6) is 0 Å². The van der Waals surface area contributed by atoms with Crippen molar-refractivity contribution in [3.63, 3.8) is 0 Å². The number of alkyl carbamates (subject to hydrolysis) is 1. The summed E-state index contributed by atoms with van der Waals surface area (Å²) in [6.45, 7) is 14.6. The molecule has 85 heavy (non-hydrogen) atoms. The molecule has 456 valence electrons. The van der Waals surface area contributed by atoms with Crippen molar-refractivity contribution >= 4 is 42.1 Å². The lowest BCUT2D eigenvalue weighted by Crippen LogP contribution is -2.82. The molecule has 1 aliphatic heterocycles. The van der Waals surface area contributed by atoms with Crippen LogP contribution in [-0.2, 0) is 86.3 Å². The molecule has 3 fully saturated rings. The van der Waals surface area contributed by atoms with Gasteiger partial charge in [-0.3, -0.25) is 9.59 Å². The number of benzene rings is 4. The smallest absolute Gasteiger partial charge is 0.456 e. The number of Topliss-reactive ketones (excluding diaryl/α,β-unsaturated/α-hetero) is 1. The van der Waals surface area contributed by atoms with E-state index in [1.54, 1.807) is 113 Å². The van der Waals surface area contributed by atoms with Crippen molar-refractivity contribution in [2.45, 2.75) is 168 Å². The van der Waals surface area contributed by atoms with Crippen LogP contribution < -0.4 is 5.32 Å². The van der Waals surface area contributed by atoms with Gasteiger partial charge in [0.2, 0.25) is 0 Å². The quantitative estimate of drug-likeness (QED) is 0.0274. The van der Waals surface area contributed by atoms with Crippen molar-refractivity contribution in [1.29, 1.82) is 0 Å². The van der Waals surface area contributed by atoms with Gasteiger partial charge in [-0.05, 0) is 86.9 Å². The molecule has 0 spiro atoms. The Bertz CT molecular complexity index is 3060. The highest BCUT2D eigenvalue weighted by molar-refractivity contribution is 5.95. The zero-order valence-electron chi connectivity index (χ0n) is 49.7. The Morgan fingerprint density at radius 1 is 0.741 bits per heavy atom. The number of nitrogens with one attached hydrogen (secondary N) is 1. The first-order valence-corrected chi connectivity index (χ1v) is 28.5. The van der Waals surface area contributed by atoms with E-state index in [2.05, 4.69) is 5.32 Å². The van der Waals surface area contributed by atoms with Crippen LogP contribution in [0.3, 0.4) is 0 Å². The molecular formula is C65H77NO19. The van der Waals surface area contributed by atoms with E-state index < -0.39 is 138 Å². The number of rotatable bonds is 20. The van der Waals surface area contributed by atoms with Gasteiger partial charge in [-0.1, -0.05) is 137 Å². The van der Waals surface area contributed by atoms with Crippen molar-refractivity contribution < 1.29 is 90.8 Å². The van der Waals surface area contributed by atoms with Gasteiger partial charge in [-0.2, -0.15) is 0 Å². The molecule has 2 bridgehead atoms. The molecule has 20 heteroatoms. The minimum absolute atomic E-state index is 0.0197. The Hall–Kier alpha value is -7.65. The molecule has 0 radical (unpaired) electrons. The summed E-state index contributed by atoms with van der Waals surface area (Å²) < 4.78 is 67.4. The molecule has 3 aliphatic carbocycles. The highest BCUT2D eigenvalue weighted by Gasteiger charge is 2.79. The number of esters is 3. The van der Waals surface area contributed by atoms with Gasteiger partial charge in [-0.25, -0.2) is 24.0 Å². The van der Waals surface area contributed by atoms with E-state index in [-0.39, 0.29) is 55.3 Å². The fourth-order valence-corrected chi connectivity index (χ4v) is 12.4. The number of aliphatic hydroxyl groups is 1. The van der Waals surface area contributed by atoms with Crippen LogP contribution >= 0.6 is 0 Å². The Labute approximate surface area is 495 Å². The average molecular weight is 1180 g/mol. The number of fused-ring (bicyclic) bond motifs is 5. The topological polar surface area (TPSA) is 253 Å². The summed E-state index contributed by atoms with van der Waals surface area (Å²) in [6, 6.07) is 33.3. The maximum atomic E-state index is 16.8. The minimum atomic E-state index is -2.55. The van der Waals surface area contributed by atoms with E-state index in [9.17, 15) is 29.1 Å². The maximum Gasteiger partial charge on any atom is 0.509 e. The zero-order valence-corrected chi connectivity index (χ0v) is 49.7. The second-order valence-corrected chi connectivity index (χ2v) is 24.3. The first-order valence-electron chi connectivity index (χ1n) is 28.5. The van der Waals surface area contributed by atoms with Crippen LogP contribution in [0.2, 0.25) is 0 Å². The number of hydrogen-bond acceptors (Lipinski definition) is 19. The molecule has 0 aromatic heterocycles. The molecule has 1 heterocycles. The predicted molar refractivity (Wildman–Crippen MR) is 304 cm³/mol. The fraction of sp³-hybridized carbons (Fsp3) is 0.492. The van der Waals surface area contributed by atoms with Gasteiger partial charge in [0.15, 0.2) is 23.6 Å². The largest absolute Gasteiger partial charge is 0.509 e. The van der Waals surface area contributed by atoms with E-state index in [0.29, 0.717) is 11.1 Å². The SMILES string of the molecule is CC(=O)O[C@@]12CO[C@@H]1C[C@H](OC(=O)OCc1ccccc1)[C@@]1(C)C(=O)[C@H](OC(=O)OCc3ccccc3)C3=C(C)[C@@H](OC(=O)C(OCOCc4ccccc4)[C@@H](CC(C)C)NC(=O)OC(C)(C)C)C[C@@](O)([C@@H](OC(=O)c4ccccc4)[C@H]21)C3(C)C. The normalized spacial score (nSPS) is 26.5. The van der Waals surface area contributed by atoms with Crippen molar-refractivity contribution in [2.24, 2.45) is 22.7 Å². The summed E-state index contributed by atoms with van der Waals surface area (Å²) >= 11 is 0. The minimum Gasteiger partial charge on any atom is -0.456 e. The molecule has 1 saturated heterocycles. The second-order valence-electron chi connectivity index (χ2n) is 24.3. The maximum absolute atomic E-state index is 16.8. The molecule has 4 aromatic rings. The van der Waals surface area contributed by atoms with Crippen LogP contribution in [-0.4, -0.2) is 120 Å². The third kappa shape index (κ3) is 14.0. The predicted octanol–water partition coefficient (Wildman–Crippen LogP) is 9.85. The molecule has 4 aromatic carbocycles. The zero-order chi connectivity index (χ0) is 61.5. The number of ketones is 1. The molecule has 2 saturated carbocycles. The Kier molecular flexibility index (Phi) is 19.6. The van der Waals surface area contributed by atoms with Gasteiger partial charge in [0, 0.05) is 25.2 Å². The highest BCUT2D eigenvalue weighted by atomic mass is 16.7. The van der Waals surface area contributed by atoms with Crippen LogP contribution in [0.4, 0.5) is 14.4 Å². The van der Waals surface area contributed by atoms with E-state index in [1.165, 1.54) is 26.0 Å². The van der Waals surface area contributed by atoms with Crippen LogP contribution in [0.1, 0.15) is 116 Å². The van der Waals surface area contributed by atoms with Crippen molar-refractivity contribution in [2.75, 3.05) is 13.4 Å². The molecule has 2 N–H and O–H groups in total. The molecule has 4 aliphatic rings. The summed E-state index contributed by atoms with van der Waals surface area (Å²) in [4.78, 5) is 103. The molecular weight excluding hydrogens is 1100 g/mol. The molecule has 11 atom stereocenters. The van der Waals surface area contributed by atoms with E-state index in [0.717, 1.165) is 12.5 Å². The number of ether oxygens (including phenoxy) is 11. The fourth-order valence-electron chi connectivity index (χ4n) is 12.4. The van der Waals surface area contributed by atoms with Gasteiger partial charge < -0.3 is 62.5 Å². The Morgan fingerprint density at radius 2 is 1.28 bits per heavy atom. The van der Waals surface area contributed by atoms with E-state index in [1.807, 2.05) is 44.2 Å². The first kappa shape index (κ1) is 63.4. The van der Waals surface area contributed by atoms with Crippen LogP contribution in [0.25, 0.3) is 0 Å². The number of hydrogen-bond donors (Lipinski definition) is 2. The standard InChI is InChI=1S/C65H77NO19/c1-39(2)31-46(66-58(71)85-61(5,6)7)51(79-38-75-34-42-23-15-11-16-24-42)57(70)80-47-33-65(74)55(83-56(69)45-29-21-14-22-30-45)53-63(10,54(68)52(50(40(47)3)62(65,8)9)82-60(73)77-36-44-27-19-13-20-28-44)48(32-49-64(53,37-78-49)84-41(4)67)81-59(72)76-35-43-25-17-12-18-26-43/h11-30,39,46-49,51-53,55,74H,31-38H2,1-10H3,(H,66,71)/t46-,47+,48+,49-,51?,52-,53+,55+,63-,64+,65-/m1/s1. The third-order valence-corrected chi connectivity index (χ3v) is 16.4. The van der Waals surface area contributed by atoms with Gasteiger partial charge in [0.1, 0.15) is 55.6 Å². The lowest BCUT2D eigenvalue weighted by atomic mass is 9.44. The lowest BCUT2D eigenvalue weighted by Gasteiger charge is -2.67. The molecule has 1 unspecified atom stereocenters. The second kappa shape index (κ2) is 26.3. The summed E-state index contributed by atoms with van der Waals surface area (Å²) in [7, 11) is 0.